The van der Waals surface area contributed by atoms with Crippen LogP contribution in [-0.4, -0.2) is 36.0 Å². The van der Waals surface area contributed by atoms with E-state index in [0.29, 0.717) is 5.56 Å². The Kier molecular flexibility index (Phi) is 3.81. The molecule has 98 valence electrons. The molecule has 0 spiro atoms. The SMILES string of the molecule is Cc1c(NCCN(C)C2CC2)cccc1[N+](=O)[O-]. The molecule has 1 aliphatic rings. The second-order valence-electron chi connectivity index (χ2n) is 4.85. The second-order valence-corrected chi connectivity index (χ2v) is 4.85. The van der Waals surface area contributed by atoms with Crippen LogP contribution in [0, 0.1) is 17.0 Å². The quantitative estimate of drug-likeness (QED) is 0.621. The highest BCUT2D eigenvalue weighted by molar-refractivity contribution is 5.59. The number of nitrogens with one attached hydrogen (secondary N) is 1. The zero-order valence-corrected chi connectivity index (χ0v) is 10.8. The van der Waals surface area contributed by atoms with Crippen molar-refractivity contribution in [2.24, 2.45) is 0 Å². The van der Waals surface area contributed by atoms with Gasteiger partial charge in [-0.3, -0.25) is 10.1 Å². The van der Waals surface area contributed by atoms with Gasteiger partial charge in [-0.15, -0.1) is 0 Å². The van der Waals surface area contributed by atoms with Gasteiger partial charge in [-0.2, -0.15) is 0 Å². The highest BCUT2D eigenvalue weighted by atomic mass is 16.6. The lowest BCUT2D eigenvalue weighted by Gasteiger charge is -2.17. The normalized spacial score (nSPS) is 14.8. The summed E-state index contributed by atoms with van der Waals surface area (Å²) in [5.74, 6) is 0. The highest BCUT2D eigenvalue weighted by Gasteiger charge is 2.25. The number of nitro benzene ring substituents is 1. The van der Waals surface area contributed by atoms with Gasteiger partial charge in [-0.05, 0) is 32.9 Å². The minimum absolute atomic E-state index is 0.176. The number of anilines is 1. The van der Waals surface area contributed by atoms with E-state index < -0.39 is 0 Å². The van der Waals surface area contributed by atoms with E-state index in [9.17, 15) is 10.1 Å². The monoisotopic (exact) mass is 249 g/mol. The first-order valence-electron chi connectivity index (χ1n) is 6.27. The van der Waals surface area contributed by atoms with Crippen molar-refractivity contribution < 1.29 is 4.92 Å². The summed E-state index contributed by atoms with van der Waals surface area (Å²) in [6.07, 6.45) is 2.60. The van der Waals surface area contributed by atoms with Crippen molar-refractivity contribution in [3.63, 3.8) is 0 Å². The van der Waals surface area contributed by atoms with Gasteiger partial charge < -0.3 is 10.2 Å². The zero-order chi connectivity index (χ0) is 13.1. The van der Waals surface area contributed by atoms with Gasteiger partial charge in [0.2, 0.25) is 0 Å². The fraction of sp³-hybridized carbons (Fsp3) is 0.538. The number of likely N-dealkylation sites (N-methyl/N-ethyl adjacent to an activating group) is 1. The molecule has 1 aliphatic carbocycles. The maximum atomic E-state index is 10.8. The van der Waals surface area contributed by atoms with Crippen LogP contribution >= 0.6 is 0 Å². The number of nitro groups is 1. The molecule has 0 aromatic heterocycles. The molecule has 0 unspecified atom stereocenters. The van der Waals surface area contributed by atoms with Gasteiger partial charge in [-0.25, -0.2) is 0 Å². The van der Waals surface area contributed by atoms with E-state index in [1.807, 2.05) is 6.07 Å². The summed E-state index contributed by atoms with van der Waals surface area (Å²) in [5.41, 5.74) is 1.74. The highest BCUT2D eigenvalue weighted by Crippen LogP contribution is 2.26. The van der Waals surface area contributed by atoms with Crippen LogP contribution in [0.15, 0.2) is 18.2 Å². The molecule has 1 aromatic carbocycles. The van der Waals surface area contributed by atoms with E-state index in [0.717, 1.165) is 24.8 Å². The Morgan fingerprint density at radius 3 is 2.83 bits per heavy atom. The van der Waals surface area contributed by atoms with Crippen LogP contribution in [0.2, 0.25) is 0 Å². The van der Waals surface area contributed by atoms with Crippen LogP contribution in [0.4, 0.5) is 11.4 Å². The number of hydrogen-bond donors (Lipinski definition) is 1. The molecule has 0 amide bonds. The Hall–Kier alpha value is -1.62. The first kappa shape index (κ1) is 12.8. The van der Waals surface area contributed by atoms with E-state index >= 15 is 0 Å². The standard InChI is InChI=1S/C13H19N3O2/c1-10-12(4-3-5-13(10)16(17)18)14-8-9-15(2)11-6-7-11/h3-5,11,14H,6-9H2,1-2H3. The fourth-order valence-electron chi connectivity index (χ4n) is 2.08. The van der Waals surface area contributed by atoms with E-state index in [2.05, 4.69) is 17.3 Å². The average Bonchev–Trinajstić information content (AvgIpc) is 3.14. The number of benzene rings is 1. The molecule has 0 atom stereocenters. The van der Waals surface area contributed by atoms with Crippen molar-refractivity contribution in [3.05, 3.63) is 33.9 Å². The summed E-state index contributed by atoms with van der Waals surface area (Å²) in [6.45, 7) is 3.56. The van der Waals surface area contributed by atoms with Gasteiger partial charge in [0.05, 0.1) is 4.92 Å². The molecule has 0 radical (unpaired) electrons. The lowest BCUT2D eigenvalue weighted by atomic mass is 10.1. The summed E-state index contributed by atoms with van der Waals surface area (Å²) < 4.78 is 0. The second kappa shape index (κ2) is 5.35. The first-order chi connectivity index (χ1) is 8.59. The van der Waals surface area contributed by atoms with E-state index in [1.165, 1.54) is 18.9 Å². The van der Waals surface area contributed by atoms with Gasteiger partial charge in [0.15, 0.2) is 0 Å². The molecule has 0 aliphatic heterocycles. The third-order valence-corrected chi connectivity index (χ3v) is 3.45. The minimum Gasteiger partial charge on any atom is -0.383 e. The van der Waals surface area contributed by atoms with E-state index in [-0.39, 0.29) is 10.6 Å². The zero-order valence-electron chi connectivity index (χ0n) is 10.8. The predicted molar refractivity (Wildman–Crippen MR) is 72.0 cm³/mol. The van der Waals surface area contributed by atoms with Gasteiger partial charge in [0, 0.05) is 36.4 Å². The number of nitrogens with zero attached hydrogens (tertiary/aromatic N) is 2. The lowest BCUT2D eigenvalue weighted by Crippen LogP contribution is -2.27. The molecule has 5 heteroatoms. The molecule has 0 heterocycles. The Morgan fingerprint density at radius 2 is 2.22 bits per heavy atom. The Labute approximate surface area is 107 Å². The van der Waals surface area contributed by atoms with Crippen LogP contribution in [0.5, 0.6) is 0 Å². The van der Waals surface area contributed by atoms with Crippen LogP contribution in [0.3, 0.4) is 0 Å². The Morgan fingerprint density at radius 1 is 1.50 bits per heavy atom. The minimum atomic E-state index is -0.336. The number of hydrogen-bond acceptors (Lipinski definition) is 4. The van der Waals surface area contributed by atoms with Gasteiger partial charge in [0.25, 0.3) is 5.69 Å². The summed E-state index contributed by atoms with van der Waals surface area (Å²) >= 11 is 0. The topological polar surface area (TPSA) is 58.4 Å². The van der Waals surface area contributed by atoms with Crippen molar-refractivity contribution in [3.8, 4) is 0 Å². The van der Waals surface area contributed by atoms with Crippen molar-refractivity contribution in [2.75, 3.05) is 25.5 Å². The molecule has 1 fully saturated rings. The molecule has 18 heavy (non-hydrogen) atoms. The van der Waals surface area contributed by atoms with Crippen molar-refractivity contribution in [1.29, 1.82) is 0 Å². The van der Waals surface area contributed by atoms with Crippen molar-refractivity contribution >= 4 is 11.4 Å². The van der Waals surface area contributed by atoms with Crippen LogP contribution < -0.4 is 5.32 Å². The molecule has 0 bridgehead atoms. The van der Waals surface area contributed by atoms with Crippen molar-refractivity contribution in [1.82, 2.24) is 4.90 Å². The van der Waals surface area contributed by atoms with Crippen molar-refractivity contribution in [2.45, 2.75) is 25.8 Å². The summed E-state index contributed by atoms with van der Waals surface area (Å²) in [7, 11) is 2.12. The third kappa shape index (κ3) is 2.98. The van der Waals surface area contributed by atoms with Crippen LogP contribution in [-0.2, 0) is 0 Å². The maximum absolute atomic E-state index is 10.8. The first-order valence-corrected chi connectivity index (χ1v) is 6.27. The maximum Gasteiger partial charge on any atom is 0.274 e. The molecule has 2 rings (SSSR count). The smallest absolute Gasteiger partial charge is 0.274 e. The van der Waals surface area contributed by atoms with Crippen LogP contribution in [0.25, 0.3) is 0 Å². The summed E-state index contributed by atoms with van der Waals surface area (Å²) in [4.78, 5) is 12.8. The molecule has 0 saturated heterocycles. The summed E-state index contributed by atoms with van der Waals surface area (Å²) in [6, 6.07) is 5.90. The molecule has 1 saturated carbocycles. The molecular weight excluding hydrogens is 230 g/mol. The molecule has 1 aromatic rings. The van der Waals surface area contributed by atoms with Gasteiger partial charge in [0.1, 0.15) is 0 Å². The van der Waals surface area contributed by atoms with Gasteiger partial charge >= 0.3 is 0 Å². The largest absolute Gasteiger partial charge is 0.383 e. The molecule has 1 N–H and O–H groups in total. The fourth-order valence-corrected chi connectivity index (χ4v) is 2.08. The molecular formula is C13H19N3O2. The number of rotatable bonds is 6. The van der Waals surface area contributed by atoms with Crippen LogP contribution in [0.1, 0.15) is 18.4 Å². The van der Waals surface area contributed by atoms with E-state index in [4.69, 9.17) is 0 Å². The Bertz CT molecular complexity index is 444. The van der Waals surface area contributed by atoms with Gasteiger partial charge in [-0.1, -0.05) is 6.07 Å². The van der Waals surface area contributed by atoms with E-state index in [1.54, 1.807) is 13.0 Å². The average molecular weight is 249 g/mol. The summed E-state index contributed by atoms with van der Waals surface area (Å²) in [5, 5.41) is 14.1. The molecule has 5 nitrogen and oxygen atoms in total. The Balaban J connectivity index is 1.92. The predicted octanol–water partition coefficient (Wildman–Crippen LogP) is 2.41. The lowest BCUT2D eigenvalue weighted by molar-refractivity contribution is -0.385. The third-order valence-electron chi connectivity index (χ3n) is 3.45.